The van der Waals surface area contributed by atoms with Crippen LogP contribution in [-0.2, 0) is 6.61 Å². The molecule has 108 valence electrons. The molecule has 0 aliphatic rings. The summed E-state index contributed by atoms with van der Waals surface area (Å²) in [5.41, 5.74) is 1.96. The van der Waals surface area contributed by atoms with Gasteiger partial charge in [0.1, 0.15) is 24.4 Å². The summed E-state index contributed by atoms with van der Waals surface area (Å²) >= 11 is 6.12. The van der Waals surface area contributed by atoms with Crippen molar-refractivity contribution in [2.45, 2.75) is 6.61 Å². The van der Waals surface area contributed by atoms with Crippen molar-refractivity contribution in [3.8, 4) is 17.5 Å². The number of tetrazole rings is 1. The topological polar surface area (TPSA) is 76.6 Å². The van der Waals surface area contributed by atoms with Crippen LogP contribution in [0.25, 0.3) is 5.69 Å². The summed E-state index contributed by atoms with van der Waals surface area (Å²) in [6, 6.07) is 14.6. The van der Waals surface area contributed by atoms with Crippen molar-refractivity contribution in [2.75, 3.05) is 0 Å². The summed E-state index contributed by atoms with van der Waals surface area (Å²) in [6.07, 6.45) is 1.44. The highest BCUT2D eigenvalue weighted by atomic mass is 35.5. The van der Waals surface area contributed by atoms with Crippen LogP contribution < -0.4 is 4.74 Å². The van der Waals surface area contributed by atoms with Crippen molar-refractivity contribution in [2.24, 2.45) is 0 Å². The van der Waals surface area contributed by atoms with Crippen LogP contribution in [0.5, 0.6) is 5.75 Å². The highest BCUT2D eigenvalue weighted by Gasteiger charge is 2.10. The average molecular weight is 312 g/mol. The molecule has 7 heteroatoms. The molecular weight excluding hydrogens is 302 g/mol. The van der Waals surface area contributed by atoms with Crippen molar-refractivity contribution < 1.29 is 4.74 Å². The maximum absolute atomic E-state index is 9.03. The standard InChI is InChI=1S/C15H10ClN5O/c16-13-4-2-1-3-12(13)9-22-15-6-5-11(8-17)7-14(15)21-10-18-19-20-21/h1-7,10H,9H2. The summed E-state index contributed by atoms with van der Waals surface area (Å²) in [5.74, 6) is 0.561. The van der Waals surface area contributed by atoms with E-state index in [0.717, 1.165) is 5.56 Å². The highest BCUT2D eigenvalue weighted by Crippen LogP contribution is 2.25. The summed E-state index contributed by atoms with van der Waals surface area (Å²) in [4.78, 5) is 0. The van der Waals surface area contributed by atoms with Gasteiger partial charge in [-0.3, -0.25) is 0 Å². The van der Waals surface area contributed by atoms with Crippen LogP contribution in [0.15, 0.2) is 48.8 Å². The Morgan fingerprint density at radius 2 is 2.09 bits per heavy atom. The quantitative estimate of drug-likeness (QED) is 0.740. The van der Waals surface area contributed by atoms with Crippen molar-refractivity contribution in [3.63, 3.8) is 0 Å². The number of nitrogens with zero attached hydrogens (tertiary/aromatic N) is 5. The SMILES string of the molecule is N#Cc1ccc(OCc2ccccc2Cl)c(-n2cnnn2)c1. The largest absolute Gasteiger partial charge is 0.487 e. The van der Waals surface area contributed by atoms with Crippen LogP contribution in [-0.4, -0.2) is 20.2 Å². The van der Waals surface area contributed by atoms with Crippen LogP contribution in [0.4, 0.5) is 0 Å². The van der Waals surface area contributed by atoms with Crippen LogP contribution in [0, 0.1) is 11.3 Å². The zero-order chi connectivity index (χ0) is 15.4. The molecule has 0 amide bonds. The van der Waals surface area contributed by atoms with Gasteiger partial charge in [0.25, 0.3) is 0 Å². The average Bonchev–Trinajstić information content (AvgIpc) is 3.08. The number of benzene rings is 2. The minimum atomic E-state index is 0.306. The van der Waals surface area contributed by atoms with Crippen LogP contribution in [0.1, 0.15) is 11.1 Å². The molecule has 0 saturated carbocycles. The first-order valence-electron chi connectivity index (χ1n) is 6.41. The third-order valence-electron chi connectivity index (χ3n) is 3.02. The van der Waals surface area contributed by atoms with Gasteiger partial charge in [-0.15, -0.1) is 5.10 Å². The lowest BCUT2D eigenvalue weighted by Crippen LogP contribution is -2.03. The molecule has 0 bridgehead atoms. The van der Waals surface area contributed by atoms with Crippen LogP contribution in [0.3, 0.4) is 0 Å². The molecule has 3 aromatic rings. The maximum atomic E-state index is 9.03. The number of nitriles is 1. The van der Waals surface area contributed by atoms with E-state index in [-0.39, 0.29) is 0 Å². The fourth-order valence-corrected chi connectivity index (χ4v) is 2.12. The molecule has 3 rings (SSSR count). The number of rotatable bonds is 4. The predicted octanol–water partition coefficient (Wildman–Crippen LogP) is 2.77. The molecule has 2 aromatic carbocycles. The second kappa shape index (κ2) is 6.24. The van der Waals surface area contributed by atoms with Gasteiger partial charge in [0.2, 0.25) is 0 Å². The molecule has 0 radical (unpaired) electrons. The normalized spacial score (nSPS) is 10.2. The van der Waals surface area contributed by atoms with E-state index in [1.165, 1.54) is 11.0 Å². The molecule has 0 aliphatic heterocycles. The van der Waals surface area contributed by atoms with E-state index in [2.05, 4.69) is 21.6 Å². The van der Waals surface area contributed by atoms with Crippen molar-refractivity contribution in [3.05, 3.63) is 64.9 Å². The Kier molecular flexibility index (Phi) is 3.99. The zero-order valence-corrected chi connectivity index (χ0v) is 12.1. The molecule has 22 heavy (non-hydrogen) atoms. The lowest BCUT2D eigenvalue weighted by molar-refractivity contribution is 0.304. The van der Waals surface area contributed by atoms with Gasteiger partial charge < -0.3 is 4.74 Å². The number of ether oxygens (including phenoxy) is 1. The number of halogens is 1. The molecule has 1 heterocycles. The number of aromatic nitrogens is 4. The zero-order valence-electron chi connectivity index (χ0n) is 11.3. The van der Waals surface area contributed by atoms with Crippen molar-refractivity contribution in [1.82, 2.24) is 20.2 Å². The highest BCUT2D eigenvalue weighted by molar-refractivity contribution is 6.31. The molecule has 0 unspecified atom stereocenters. The van der Waals surface area contributed by atoms with Crippen LogP contribution in [0.2, 0.25) is 5.02 Å². The fraction of sp³-hybridized carbons (Fsp3) is 0.0667. The van der Waals surface area contributed by atoms with Crippen LogP contribution >= 0.6 is 11.6 Å². The van der Waals surface area contributed by atoms with Gasteiger partial charge in [0.05, 0.1) is 11.6 Å². The van der Waals surface area contributed by atoms with E-state index in [1.54, 1.807) is 24.3 Å². The second-order valence-electron chi connectivity index (χ2n) is 4.43. The van der Waals surface area contributed by atoms with Gasteiger partial charge in [0.15, 0.2) is 0 Å². The Balaban J connectivity index is 1.91. The third kappa shape index (κ3) is 2.90. The van der Waals surface area contributed by atoms with Gasteiger partial charge in [-0.2, -0.15) is 9.94 Å². The van der Waals surface area contributed by atoms with E-state index >= 15 is 0 Å². The maximum Gasteiger partial charge on any atom is 0.145 e. The Bertz CT molecular complexity index is 826. The Labute approximate surface area is 131 Å². The Morgan fingerprint density at radius 3 is 2.82 bits per heavy atom. The molecule has 0 saturated heterocycles. The first-order chi connectivity index (χ1) is 10.8. The van der Waals surface area contributed by atoms with Gasteiger partial charge in [-0.25, -0.2) is 0 Å². The molecule has 6 nitrogen and oxygen atoms in total. The number of hydrogen-bond donors (Lipinski definition) is 0. The van der Waals surface area contributed by atoms with Crippen molar-refractivity contribution >= 4 is 11.6 Å². The van der Waals surface area contributed by atoms with Crippen molar-refractivity contribution in [1.29, 1.82) is 5.26 Å². The predicted molar refractivity (Wildman–Crippen MR) is 79.7 cm³/mol. The second-order valence-corrected chi connectivity index (χ2v) is 4.84. The first-order valence-corrected chi connectivity index (χ1v) is 6.79. The number of hydrogen-bond acceptors (Lipinski definition) is 5. The first kappa shape index (κ1) is 14.0. The summed E-state index contributed by atoms with van der Waals surface area (Å²) < 4.78 is 7.26. The van der Waals surface area contributed by atoms with Gasteiger partial charge >= 0.3 is 0 Å². The van der Waals surface area contributed by atoms with E-state index in [9.17, 15) is 0 Å². The molecule has 1 aromatic heterocycles. The molecule has 0 fully saturated rings. The van der Waals surface area contributed by atoms with E-state index < -0.39 is 0 Å². The lowest BCUT2D eigenvalue weighted by atomic mass is 10.2. The molecule has 0 atom stereocenters. The van der Waals surface area contributed by atoms with Gasteiger partial charge in [-0.05, 0) is 34.7 Å². The lowest BCUT2D eigenvalue weighted by Gasteiger charge is -2.12. The molecule has 0 spiro atoms. The summed E-state index contributed by atoms with van der Waals surface area (Å²) in [6.45, 7) is 0.306. The molecule has 0 N–H and O–H groups in total. The fourth-order valence-electron chi connectivity index (χ4n) is 1.93. The Hall–Kier alpha value is -2.91. The van der Waals surface area contributed by atoms with Gasteiger partial charge in [0, 0.05) is 10.6 Å². The van der Waals surface area contributed by atoms with E-state index in [0.29, 0.717) is 28.6 Å². The minimum Gasteiger partial charge on any atom is -0.487 e. The van der Waals surface area contributed by atoms with E-state index in [4.69, 9.17) is 21.6 Å². The monoisotopic (exact) mass is 311 g/mol. The third-order valence-corrected chi connectivity index (χ3v) is 3.39. The van der Waals surface area contributed by atoms with E-state index in [1.807, 2.05) is 18.2 Å². The molecular formula is C15H10ClN5O. The minimum absolute atomic E-state index is 0.306. The summed E-state index contributed by atoms with van der Waals surface area (Å²) in [5, 5.41) is 20.7. The summed E-state index contributed by atoms with van der Waals surface area (Å²) in [7, 11) is 0. The Morgan fingerprint density at radius 1 is 1.23 bits per heavy atom. The smallest absolute Gasteiger partial charge is 0.145 e. The molecule has 0 aliphatic carbocycles. The van der Waals surface area contributed by atoms with Gasteiger partial charge in [-0.1, -0.05) is 29.8 Å².